The smallest absolute Gasteiger partial charge is 0.338 e. The minimum Gasteiger partial charge on any atom is -0.465 e. The monoisotopic (exact) mass is 324 g/mol. The summed E-state index contributed by atoms with van der Waals surface area (Å²) in [7, 11) is 1.32. The Hall–Kier alpha value is -1.75. The molecule has 0 aromatic heterocycles. The molecule has 1 aliphatic heterocycles. The Kier molecular flexibility index (Phi) is 3.77. The lowest BCUT2D eigenvalue weighted by molar-refractivity contribution is -0.126. The second-order valence-corrected chi connectivity index (χ2v) is 6.18. The Morgan fingerprint density at radius 2 is 2.00 bits per heavy atom. The zero-order valence-corrected chi connectivity index (χ0v) is 13.2. The lowest BCUT2D eigenvalue weighted by Crippen LogP contribution is -2.42. The molecule has 1 fully saturated rings. The summed E-state index contributed by atoms with van der Waals surface area (Å²) in [5.74, 6) is -0.209. The molecular formula is C16H17ClO5. The van der Waals surface area contributed by atoms with E-state index in [1.807, 2.05) is 0 Å². The molecular weight excluding hydrogens is 308 g/mol. The SMILES string of the molecule is COC(=O)c1cc(Cl)c2c(c1C)OC1(CCC(C=O)CC1)O2. The van der Waals surface area contributed by atoms with Gasteiger partial charge in [0.1, 0.15) is 6.29 Å². The van der Waals surface area contributed by atoms with Crippen LogP contribution >= 0.6 is 11.6 Å². The number of benzene rings is 1. The molecule has 1 aliphatic carbocycles. The van der Waals surface area contributed by atoms with Gasteiger partial charge in [-0.25, -0.2) is 4.79 Å². The first-order valence-electron chi connectivity index (χ1n) is 7.24. The molecule has 0 N–H and O–H groups in total. The first kappa shape index (κ1) is 15.2. The number of methoxy groups -OCH3 is 1. The van der Waals surface area contributed by atoms with Crippen molar-refractivity contribution in [3.63, 3.8) is 0 Å². The average molecular weight is 325 g/mol. The van der Waals surface area contributed by atoms with E-state index in [9.17, 15) is 9.59 Å². The van der Waals surface area contributed by atoms with Crippen molar-refractivity contribution >= 4 is 23.9 Å². The van der Waals surface area contributed by atoms with Crippen molar-refractivity contribution in [1.29, 1.82) is 0 Å². The molecule has 22 heavy (non-hydrogen) atoms. The number of hydrogen-bond acceptors (Lipinski definition) is 5. The third-order valence-electron chi connectivity index (χ3n) is 4.40. The van der Waals surface area contributed by atoms with E-state index in [1.165, 1.54) is 7.11 Å². The number of hydrogen-bond donors (Lipinski definition) is 0. The third kappa shape index (κ3) is 2.33. The summed E-state index contributed by atoms with van der Waals surface area (Å²) in [6.07, 6.45) is 3.67. The molecule has 0 radical (unpaired) electrons. The zero-order valence-electron chi connectivity index (χ0n) is 12.5. The van der Waals surface area contributed by atoms with Crippen LogP contribution in [0.5, 0.6) is 11.5 Å². The maximum Gasteiger partial charge on any atom is 0.338 e. The van der Waals surface area contributed by atoms with E-state index in [4.69, 9.17) is 25.8 Å². The van der Waals surface area contributed by atoms with Gasteiger partial charge in [-0.05, 0) is 25.8 Å². The molecule has 1 aromatic carbocycles. The van der Waals surface area contributed by atoms with E-state index in [0.717, 1.165) is 19.1 Å². The Morgan fingerprint density at radius 1 is 1.36 bits per heavy atom. The molecule has 5 nitrogen and oxygen atoms in total. The quantitative estimate of drug-likeness (QED) is 0.617. The summed E-state index contributed by atoms with van der Waals surface area (Å²) in [6, 6.07) is 1.54. The number of halogens is 1. The Morgan fingerprint density at radius 3 is 2.59 bits per heavy atom. The number of rotatable bonds is 2. The predicted octanol–water partition coefficient (Wildman–Crippen LogP) is 3.29. The lowest BCUT2D eigenvalue weighted by atomic mass is 9.86. The van der Waals surface area contributed by atoms with Gasteiger partial charge in [0, 0.05) is 24.3 Å². The van der Waals surface area contributed by atoms with Crippen LogP contribution in [-0.4, -0.2) is 25.2 Å². The normalized spacial score (nSPS) is 26.0. The van der Waals surface area contributed by atoms with Crippen LogP contribution < -0.4 is 9.47 Å². The average Bonchev–Trinajstić information content (AvgIpc) is 2.91. The molecule has 1 spiro atoms. The van der Waals surface area contributed by atoms with E-state index in [0.29, 0.717) is 40.5 Å². The molecule has 1 aromatic rings. The van der Waals surface area contributed by atoms with E-state index < -0.39 is 11.8 Å². The van der Waals surface area contributed by atoms with Crippen LogP contribution in [0, 0.1) is 12.8 Å². The van der Waals surface area contributed by atoms with E-state index in [2.05, 4.69) is 0 Å². The van der Waals surface area contributed by atoms with Crippen LogP contribution in [0.1, 0.15) is 41.6 Å². The summed E-state index contributed by atoms with van der Waals surface area (Å²) in [4.78, 5) is 22.7. The van der Waals surface area contributed by atoms with Crippen molar-refractivity contribution in [3.05, 3.63) is 22.2 Å². The molecule has 2 aliphatic rings. The van der Waals surface area contributed by atoms with Gasteiger partial charge in [-0.1, -0.05) is 11.6 Å². The first-order valence-corrected chi connectivity index (χ1v) is 7.62. The Labute approximate surface area is 133 Å². The molecule has 0 atom stereocenters. The maximum atomic E-state index is 11.8. The Balaban J connectivity index is 1.93. The van der Waals surface area contributed by atoms with Gasteiger partial charge in [-0.3, -0.25) is 0 Å². The fourth-order valence-electron chi connectivity index (χ4n) is 3.05. The third-order valence-corrected chi connectivity index (χ3v) is 4.69. The second-order valence-electron chi connectivity index (χ2n) is 5.77. The zero-order chi connectivity index (χ0) is 15.9. The van der Waals surface area contributed by atoms with Crippen LogP contribution in [0.25, 0.3) is 0 Å². The van der Waals surface area contributed by atoms with Crippen LogP contribution in [0.15, 0.2) is 6.07 Å². The van der Waals surface area contributed by atoms with Gasteiger partial charge in [-0.2, -0.15) is 0 Å². The summed E-state index contributed by atoms with van der Waals surface area (Å²) in [6.45, 7) is 1.78. The van der Waals surface area contributed by atoms with Crippen LogP contribution in [0.4, 0.5) is 0 Å². The fourth-order valence-corrected chi connectivity index (χ4v) is 3.29. The number of esters is 1. The van der Waals surface area contributed by atoms with Crippen molar-refractivity contribution in [3.8, 4) is 11.5 Å². The van der Waals surface area contributed by atoms with E-state index >= 15 is 0 Å². The number of carbonyl (C=O) groups excluding carboxylic acids is 2. The fraction of sp³-hybridized carbons (Fsp3) is 0.500. The number of aldehydes is 1. The van der Waals surface area contributed by atoms with Gasteiger partial charge in [0.15, 0.2) is 11.5 Å². The van der Waals surface area contributed by atoms with Crippen molar-refractivity contribution in [2.75, 3.05) is 7.11 Å². The molecule has 0 saturated heterocycles. The molecule has 0 bridgehead atoms. The van der Waals surface area contributed by atoms with Gasteiger partial charge in [0.2, 0.25) is 0 Å². The van der Waals surface area contributed by atoms with Crippen LogP contribution in [0.2, 0.25) is 5.02 Å². The van der Waals surface area contributed by atoms with Crippen LogP contribution in [-0.2, 0) is 9.53 Å². The Bertz CT molecular complexity index is 632. The predicted molar refractivity (Wildman–Crippen MR) is 79.5 cm³/mol. The maximum absolute atomic E-state index is 11.8. The van der Waals surface area contributed by atoms with Gasteiger partial charge >= 0.3 is 5.97 Å². The van der Waals surface area contributed by atoms with Crippen molar-refractivity contribution in [2.45, 2.75) is 38.4 Å². The molecule has 1 saturated carbocycles. The summed E-state index contributed by atoms with van der Waals surface area (Å²) >= 11 is 6.24. The highest BCUT2D eigenvalue weighted by atomic mass is 35.5. The standard InChI is InChI=1S/C16H17ClO5/c1-9-11(15(19)20-2)7-12(17)14-13(9)21-16(22-14)5-3-10(8-18)4-6-16/h7-8,10H,3-6H2,1-2H3. The first-order chi connectivity index (χ1) is 10.5. The van der Waals surface area contributed by atoms with E-state index in [-0.39, 0.29) is 5.92 Å². The van der Waals surface area contributed by atoms with Gasteiger partial charge in [-0.15, -0.1) is 0 Å². The highest BCUT2D eigenvalue weighted by Gasteiger charge is 2.46. The van der Waals surface area contributed by atoms with Crippen LogP contribution in [0.3, 0.4) is 0 Å². The van der Waals surface area contributed by atoms with Crippen molar-refractivity contribution < 1.29 is 23.8 Å². The van der Waals surface area contributed by atoms with Crippen molar-refractivity contribution in [2.24, 2.45) is 5.92 Å². The number of ether oxygens (including phenoxy) is 3. The lowest BCUT2D eigenvalue weighted by Gasteiger charge is -2.33. The van der Waals surface area contributed by atoms with Gasteiger partial charge in [0.05, 0.1) is 17.7 Å². The molecule has 0 unspecified atom stereocenters. The highest BCUT2D eigenvalue weighted by molar-refractivity contribution is 6.32. The van der Waals surface area contributed by atoms with Gasteiger partial charge < -0.3 is 19.0 Å². The summed E-state index contributed by atoms with van der Waals surface area (Å²) in [5, 5.41) is 0.329. The second kappa shape index (κ2) is 5.47. The molecule has 6 heteroatoms. The minimum absolute atomic E-state index is 0.0590. The molecule has 1 heterocycles. The minimum atomic E-state index is -0.773. The largest absolute Gasteiger partial charge is 0.465 e. The molecule has 3 rings (SSSR count). The molecule has 0 amide bonds. The number of fused-ring (bicyclic) bond motifs is 1. The topological polar surface area (TPSA) is 61.8 Å². The van der Waals surface area contributed by atoms with E-state index in [1.54, 1.807) is 13.0 Å². The van der Waals surface area contributed by atoms with Gasteiger partial charge in [0.25, 0.3) is 5.79 Å². The van der Waals surface area contributed by atoms with Crippen molar-refractivity contribution in [1.82, 2.24) is 0 Å². The number of carbonyl (C=O) groups is 2. The molecule has 118 valence electrons. The summed E-state index contributed by atoms with van der Waals surface area (Å²) < 4.78 is 16.8. The summed E-state index contributed by atoms with van der Waals surface area (Å²) in [5.41, 5.74) is 1.02. The highest BCUT2D eigenvalue weighted by Crippen LogP contribution is 2.51.